The van der Waals surface area contributed by atoms with Crippen molar-refractivity contribution < 1.29 is 4.74 Å². The Morgan fingerprint density at radius 2 is 2.15 bits per heavy atom. The molecule has 1 nitrogen and oxygen atoms in total. The highest BCUT2D eigenvalue weighted by Crippen LogP contribution is 2.11. The zero-order valence-electron chi connectivity index (χ0n) is 8.67. The van der Waals surface area contributed by atoms with Gasteiger partial charge in [-0.25, -0.2) is 0 Å². The van der Waals surface area contributed by atoms with Crippen LogP contribution in [0.15, 0.2) is 16.8 Å². The van der Waals surface area contributed by atoms with Gasteiger partial charge in [0.1, 0.15) is 0 Å². The molecule has 0 radical (unpaired) electrons. The highest BCUT2D eigenvalue weighted by molar-refractivity contribution is 7.07. The van der Waals surface area contributed by atoms with Gasteiger partial charge in [0.2, 0.25) is 0 Å². The van der Waals surface area contributed by atoms with Gasteiger partial charge in [0, 0.05) is 6.61 Å². The molecule has 2 heteroatoms. The third-order valence-electron chi connectivity index (χ3n) is 1.72. The van der Waals surface area contributed by atoms with Crippen LogP contribution in [0.5, 0.6) is 0 Å². The molecule has 0 aliphatic heterocycles. The summed E-state index contributed by atoms with van der Waals surface area (Å²) in [7, 11) is 0. The van der Waals surface area contributed by atoms with E-state index >= 15 is 0 Å². The van der Waals surface area contributed by atoms with E-state index in [1.807, 2.05) is 0 Å². The Bertz CT molecular complexity index is 221. The lowest BCUT2D eigenvalue weighted by atomic mass is 10.2. The number of rotatable bonds is 4. The predicted octanol–water partition coefficient (Wildman–Crippen LogP) is 3.50. The molecule has 0 unspecified atom stereocenters. The maximum absolute atomic E-state index is 5.63. The topological polar surface area (TPSA) is 9.23 Å². The summed E-state index contributed by atoms with van der Waals surface area (Å²) in [5.41, 5.74) is 1.44. The molecule has 13 heavy (non-hydrogen) atoms. The first-order chi connectivity index (χ1) is 6.08. The molecule has 0 fully saturated rings. The Kier molecular flexibility index (Phi) is 3.94. The van der Waals surface area contributed by atoms with Crippen LogP contribution in [0, 0.1) is 0 Å². The van der Waals surface area contributed by atoms with Crippen LogP contribution in [0.3, 0.4) is 0 Å². The van der Waals surface area contributed by atoms with Crippen molar-refractivity contribution in [3.63, 3.8) is 0 Å². The van der Waals surface area contributed by atoms with Gasteiger partial charge in [-0.2, -0.15) is 11.3 Å². The smallest absolute Gasteiger partial charge is 0.0598 e. The van der Waals surface area contributed by atoms with Crippen LogP contribution < -0.4 is 0 Å². The second-order valence-electron chi connectivity index (χ2n) is 4.20. The van der Waals surface area contributed by atoms with E-state index < -0.39 is 0 Å². The number of hydrogen-bond acceptors (Lipinski definition) is 2. The average Bonchev–Trinajstić information content (AvgIpc) is 2.48. The van der Waals surface area contributed by atoms with Crippen LogP contribution in [-0.2, 0) is 11.2 Å². The minimum Gasteiger partial charge on any atom is -0.376 e. The minimum atomic E-state index is 0.00858. The molecule has 0 spiro atoms. The van der Waals surface area contributed by atoms with E-state index in [1.165, 1.54) is 5.56 Å². The summed E-state index contributed by atoms with van der Waals surface area (Å²) in [6, 6.07) is 2.18. The number of aryl methyl sites for hydroxylation is 1. The third kappa shape index (κ3) is 5.06. The third-order valence-corrected chi connectivity index (χ3v) is 2.46. The van der Waals surface area contributed by atoms with E-state index in [0.717, 1.165) is 19.4 Å². The van der Waals surface area contributed by atoms with Gasteiger partial charge in [-0.05, 0) is 56.0 Å². The van der Waals surface area contributed by atoms with Gasteiger partial charge in [0.05, 0.1) is 5.60 Å². The highest BCUT2D eigenvalue weighted by atomic mass is 32.1. The molecule has 0 aliphatic carbocycles. The van der Waals surface area contributed by atoms with Crippen molar-refractivity contribution in [1.82, 2.24) is 0 Å². The van der Waals surface area contributed by atoms with Crippen molar-refractivity contribution in [3.8, 4) is 0 Å². The first kappa shape index (κ1) is 10.7. The maximum atomic E-state index is 5.63. The van der Waals surface area contributed by atoms with Crippen molar-refractivity contribution in [3.05, 3.63) is 22.4 Å². The average molecular weight is 198 g/mol. The van der Waals surface area contributed by atoms with E-state index in [1.54, 1.807) is 11.3 Å². The van der Waals surface area contributed by atoms with E-state index in [0.29, 0.717) is 0 Å². The second-order valence-corrected chi connectivity index (χ2v) is 4.98. The van der Waals surface area contributed by atoms with E-state index in [-0.39, 0.29) is 5.60 Å². The number of ether oxygens (including phenoxy) is 1. The Morgan fingerprint density at radius 1 is 1.38 bits per heavy atom. The lowest BCUT2D eigenvalue weighted by molar-refractivity contribution is -0.00383. The molecule has 0 N–H and O–H groups in total. The van der Waals surface area contributed by atoms with Crippen LogP contribution in [0.1, 0.15) is 32.8 Å². The molecule has 0 saturated carbocycles. The molecular weight excluding hydrogens is 180 g/mol. The molecule has 1 heterocycles. The Labute approximate surface area is 84.7 Å². The Hall–Kier alpha value is -0.340. The fraction of sp³-hybridized carbons (Fsp3) is 0.636. The summed E-state index contributed by atoms with van der Waals surface area (Å²) in [4.78, 5) is 0. The summed E-state index contributed by atoms with van der Waals surface area (Å²) in [6.45, 7) is 7.14. The molecule has 0 aliphatic rings. The van der Waals surface area contributed by atoms with Gasteiger partial charge in [-0.3, -0.25) is 0 Å². The quantitative estimate of drug-likeness (QED) is 0.673. The molecule has 0 bridgehead atoms. The molecule has 0 saturated heterocycles. The second kappa shape index (κ2) is 4.77. The Balaban J connectivity index is 2.09. The molecular formula is C11H18OS. The molecule has 1 rings (SSSR count). The largest absolute Gasteiger partial charge is 0.376 e. The molecule has 74 valence electrons. The van der Waals surface area contributed by atoms with Gasteiger partial charge in [-0.1, -0.05) is 0 Å². The van der Waals surface area contributed by atoms with Gasteiger partial charge in [0.25, 0.3) is 0 Å². The van der Waals surface area contributed by atoms with Gasteiger partial charge < -0.3 is 4.74 Å². The molecule has 0 amide bonds. The van der Waals surface area contributed by atoms with Crippen LogP contribution >= 0.6 is 11.3 Å². The van der Waals surface area contributed by atoms with Crippen molar-refractivity contribution in [1.29, 1.82) is 0 Å². The minimum absolute atomic E-state index is 0.00858. The molecule has 0 atom stereocenters. The standard InChI is InChI=1S/C11H18OS/c1-11(2,3)12-7-4-5-10-6-8-13-9-10/h6,8-9H,4-5,7H2,1-3H3. The van der Waals surface area contributed by atoms with Crippen LogP contribution in [-0.4, -0.2) is 12.2 Å². The zero-order chi connectivity index (χ0) is 9.73. The fourth-order valence-corrected chi connectivity index (χ4v) is 1.79. The summed E-state index contributed by atoms with van der Waals surface area (Å²) in [6.07, 6.45) is 2.26. The van der Waals surface area contributed by atoms with Crippen LogP contribution in [0.25, 0.3) is 0 Å². The first-order valence-electron chi connectivity index (χ1n) is 4.73. The monoisotopic (exact) mass is 198 g/mol. The van der Waals surface area contributed by atoms with Gasteiger partial charge in [0.15, 0.2) is 0 Å². The van der Waals surface area contributed by atoms with Gasteiger partial charge >= 0.3 is 0 Å². The summed E-state index contributed by atoms with van der Waals surface area (Å²) < 4.78 is 5.63. The van der Waals surface area contributed by atoms with Crippen molar-refractivity contribution >= 4 is 11.3 Å². The SMILES string of the molecule is CC(C)(C)OCCCc1ccsc1. The number of thiophene rings is 1. The Morgan fingerprint density at radius 3 is 2.69 bits per heavy atom. The van der Waals surface area contributed by atoms with Gasteiger partial charge in [-0.15, -0.1) is 0 Å². The molecule has 1 aromatic heterocycles. The highest BCUT2D eigenvalue weighted by Gasteiger charge is 2.08. The van der Waals surface area contributed by atoms with Crippen molar-refractivity contribution in [2.75, 3.05) is 6.61 Å². The lowest BCUT2D eigenvalue weighted by Crippen LogP contribution is -2.19. The van der Waals surface area contributed by atoms with Crippen LogP contribution in [0.2, 0.25) is 0 Å². The normalized spacial score (nSPS) is 11.9. The first-order valence-corrected chi connectivity index (χ1v) is 5.67. The lowest BCUT2D eigenvalue weighted by Gasteiger charge is -2.19. The maximum Gasteiger partial charge on any atom is 0.0598 e. The summed E-state index contributed by atoms with van der Waals surface area (Å²) in [5, 5.41) is 4.33. The van der Waals surface area contributed by atoms with Crippen molar-refractivity contribution in [2.24, 2.45) is 0 Å². The van der Waals surface area contributed by atoms with E-state index in [4.69, 9.17) is 4.74 Å². The molecule has 1 aromatic rings. The van der Waals surface area contributed by atoms with Crippen molar-refractivity contribution in [2.45, 2.75) is 39.2 Å². The summed E-state index contributed by atoms with van der Waals surface area (Å²) >= 11 is 1.76. The summed E-state index contributed by atoms with van der Waals surface area (Å²) in [5.74, 6) is 0. The zero-order valence-corrected chi connectivity index (χ0v) is 9.49. The van der Waals surface area contributed by atoms with E-state index in [9.17, 15) is 0 Å². The predicted molar refractivity (Wildman–Crippen MR) is 58.3 cm³/mol. The fourth-order valence-electron chi connectivity index (χ4n) is 1.09. The molecule has 0 aromatic carbocycles. The van der Waals surface area contributed by atoms with E-state index in [2.05, 4.69) is 37.6 Å². The van der Waals surface area contributed by atoms with Crippen LogP contribution in [0.4, 0.5) is 0 Å². The number of hydrogen-bond donors (Lipinski definition) is 0.